The summed E-state index contributed by atoms with van der Waals surface area (Å²) in [6.07, 6.45) is 0.690. The minimum Gasteiger partial charge on any atom is -0.368 e. The molecule has 1 unspecified atom stereocenters. The van der Waals surface area contributed by atoms with Crippen molar-refractivity contribution < 1.29 is 5.11 Å². The predicted octanol–water partition coefficient (Wildman–Crippen LogP) is 3.53. The molecule has 0 fully saturated rings. The number of rotatable bonds is 4. The molecule has 4 rings (SSSR count). The van der Waals surface area contributed by atoms with E-state index in [2.05, 4.69) is 15.3 Å². The van der Waals surface area contributed by atoms with Crippen LogP contribution in [-0.2, 0) is 0 Å². The molecule has 0 bridgehead atoms. The maximum atomic E-state index is 12.4. The van der Waals surface area contributed by atoms with E-state index in [-0.39, 0.29) is 5.56 Å². The molecule has 0 saturated heterocycles. The van der Waals surface area contributed by atoms with Crippen LogP contribution in [0, 0.1) is 0 Å². The van der Waals surface area contributed by atoms with Crippen molar-refractivity contribution >= 4 is 39.1 Å². The third-order valence-corrected chi connectivity index (χ3v) is 4.72. The van der Waals surface area contributed by atoms with Crippen molar-refractivity contribution in [3.8, 4) is 5.69 Å². The van der Waals surface area contributed by atoms with Crippen LogP contribution in [0.25, 0.3) is 16.7 Å². The number of nitrogens with one attached hydrogen (secondary N) is 2. The number of fused-ring (bicyclic) bond motifs is 1. The van der Waals surface area contributed by atoms with Crippen LogP contribution >= 0.6 is 22.9 Å². The number of aliphatic hydroxyl groups is 1. The molecule has 0 aliphatic heterocycles. The number of hydrogen-bond donors (Lipinski definition) is 3. The Balaban J connectivity index is 1.79. The van der Waals surface area contributed by atoms with Gasteiger partial charge in [0.25, 0.3) is 5.56 Å². The molecule has 6 nitrogen and oxygen atoms in total. The Morgan fingerprint density at radius 2 is 2.04 bits per heavy atom. The highest BCUT2D eigenvalue weighted by atomic mass is 35.5. The van der Waals surface area contributed by atoms with Crippen molar-refractivity contribution in [2.75, 3.05) is 5.32 Å². The van der Waals surface area contributed by atoms with Crippen LogP contribution in [0.15, 0.2) is 58.8 Å². The minimum absolute atomic E-state index is 0.175. The van der Waals surface area contributed by atoms with Gasteiger partial charge in [-0.05, 0) is 36.4 Å². The van der Waals surface area contributed by atoms with Gasteiger partial charge in [-0.3, -0.25) is 9.36 Å². The molecule has 0 saturated carbocycles. The lowest BCUT2D eigenvalue weighted by atomic mass is 10.2. The summed E-state index contributed by atoms with van der Waals surface area (Å²) in [4.78, 5) is 19.6. The summed E-state index contributed by atoms with van der Waals surface area (Å²) in [5.41, 5.74) is 1.66. The van der Waals surface area contributed by atoms with Crippen LogP contribution in [0.5, 0.6) is 0 Å². The molecule has 0 aliphatic rings. The number of anilines is 1. The normalized spacial score (nSPS) is 12.4. The average molecular weight is 373 g/mol. The Bertz CT molecular complexity index is 1070. The SMILES string of the molecule is O=c1ccc2cc(C(O)Nc3nccs3)[nH]c2n1-c1ccc(Cl)cc1. The van der Waals surface area contributed by atoms with Crippen molar-refractivity contribution in [2.24, 2.45) is 0 Å². The van der Waals surface area contributed by atoms with E-state index in [0.29, 0.717) is 27.2 Å². The summed E-state index contributed by atoms with van der Waals surface area (Å²) in [5.74, 6) is 0. The maximum Gasteiger partial charge on any atom is 0.256 e. The van der Waals surface area contributed by atoms with Crippen LogP contribution in [0.3, 0.4) is 0 Å². The molecule has 0 aliphatic carbocycles. The zero-order chi connectivity index (χ0) is 17.4. The van der Waals surface area contributed by atoms with Crippen molar-refractivity contribution in [3.05, 3.63) is 75.1 Å². The molecule has 3 N–H and O–H groups in total. The fraction of sp³-hybridized carbons (Fsp3) is 0.0588. The van der Waals surface area contributed by atoms with Crippen LogP contribution in [0.4, 0.5) is 5.13 Å². The number of nitrogens with zero attached hydrogens (tertiary/aromatic N) is 2. The van der Waals surface area contributed by atoms with Gasteiger partial charge in [0.05, 0.1) is 11.4 Å². The molecule has 3 aromatic heterocycles. The van der Waals surface area contributed by atoms with E-state index in [4.69, 9.17) is 11.6 Å². The Morgan fingerprint density at radius 3 is 2.76 bits per heavy atom. The van der Waals surface area contributed by atoms with Gasteiger partial charge in [-0.25, -0.2) is 4.98 Å². The highest BCUT2D eigenvalue weighted by Crippen LogP contribution is 2.24. The number of aliphatic hydroxyl groups excluding tert-OH is 1. The second-order valence-corrected chi connectivity index (χ2v) is 6.73. The summed E-state index contributed by atoms with van der Waals surface area (Å²) < 4.78 is 1.55. The Kier molecular flexibility index (Phi) is 4.04. The van der Waals surface area contributed by atoms with E-state index < -0.39 is 6.23 Å². The Labute approximate surface area is 151 Å². The van der Waals surface area contributed by atoms with Crippen LogP contribution < -0.4 is 10.9 Å². The van der Waals surface area contributed by atoms with Gasteiger partial charge >= 0.3 is 0 Å². The van der Waals surface area contributed by atoms with E-state index in [1.807, 2.05) is 5.38 Å². The van der Waals surface area contributed by atoms with E-state index in [1.165, 1.54) is 17.4 Å². The monoisotopic (exact) mass is 372 g/mol. The van der Waals surface area contributed by atoms with E-state index in [1.54, 1.807) is 47.2 Å². The first-order valence-electron chi connectivity index (χ1n) is 7.46. The molecular formula is C17H13ClN4O2S. The van der Waals surface area contributed by atoms with Crippen LogP contribution in [0.2, 0.25) is 5.02 Å². The molecule has 1 atom stereocenters. The number of pyridine rings is 1. The third kappa shape index (κ3) is 3.05. The molecule has 0 spiro atoms. The molecule has 4 aromatic rings. The van der Waals surface area contributed by atoms with Crippen molar-refractivity contribution in [1.29, 1.82) is 0 Å². The molecule has 0 amide bonds. The number of aromatic amines is 1. The Hall–Kier alpha value is -2.61. The number of benzene rings is 1. The number of H-pyrrole nitrogens is 1. The van der Waals surface area contributed by atoms with Gasteiger partial charge < -0.3 is 15.4 Å². The molecule has 25 heavy (non-hydrogen) atoms. The quantitative estimate of drug-likeness (QED) is 0.478. The van der Waals surface area contributed by atoms with E-state index in [9.17, 15) is 9.90 Å². The number of thiazole rings is 1. The van der Waals surface area contributed by atoms with Gasteiger partial charge in [-0.1, -0.05) is 11.6 Å². The number of halogens is 1. The third-order valence-electron chi connectivity index (χ3n) is 3.77. The lowest BCUT2D eigenvalue weighted by Gasteiger charge is -2.10. The van der Waals surface area contributed by atoms with Gasteiger partial charge in [0.15, 0.2) is 11.4 Å². The largest absolute Gasteiger partial charge is 0.368 e. The van der Waals surface area contributed by atoms with Gasteiger partial charge in [0, 0.05) is 28.1 Å². The molecule has 0 radical (unpaired) electrons. The van der Waals surface area contributed by atoms with Gasteiger partial charge in [0.2, 0.25) is 0 Å². The zero-order valence-corrected chi connectivity index (χ0v) is 14.4. The fourth-order valence-electron chi connectivity index (χ4n) is 2.62. The van der Waals surface area contributed by atoms with Crippen LogP contribution in [0.1, 0.15) is 11.9 Å². The molecule has 3 heterocycles. The maximum absolute atomic E-state index is 12.4. The Morgan fingerprint density at radius 1 is 1.24 bits per heavy atom. The highest BCUT2D eigenvalue weighted by molar-refractivity contribution is 7.13. The summed E-state index contributed by atoms with van der Waals surface area (Å²) in [7, 11) is 0. The van der Waals surface area contributed by atoms with Gasteiger partial charge in [-0.2, -0.15) is 0 Å². The van der Waals surface area contributed by atoms with Crippen LogP contribution in [-0.4, -0.2) is 19.6 Å². The van der Waals surface area contributed by atoms with Gasteiger partial charge in [0.1, 0.15) is 5.65 Å². The standard InChI is InChI=1S/C17H13ClN4O2S/c18-11-2-4-12(5-3-11)22-14(23)6-1-10-9-13(20-15(10)22)16(24)21-17-19-7-8-25-17/h1-9,16,20,24H,(H,19,21). The smallest absolute Gasteiger partial charge is 0.256 e. The number of hydrogen-bond acceptors (Lipinski definition) is 5. The average Bonchev–Trinajstić information content (AvgIpc) is 3.25. The second kappa shape index (κ2) is 6.36. The molecule has 126 valence electrons. The van der Waals surface area contributed by atoms with E-state index >= 15 is 0 Å². The van der Waals surface area contributed by atoms with Gasteiger partial charge in [-0.15, -0.1) is 11.3 Å². The lowest BCUT2D eigenvalue weighted by Crippen LogP contribution is -2.17. The summed E-state index contributed by atoms with van der Waals surface area (Å²) in [5, 5.41) is 17.1. The second-order valence-electron chi connectivity index (χ2n) is 5.40. The minimum atomic E-state index is -0.965. The first kappa shape index (κ1) is 15.9. The topological polar surface area (TPSA) is 82.9 Å². The first-order chi connectivity index (χ1) is 12.1. The summed E-state index contributed by atoms with van der Waals surface area (Å²) in [6, 6.07) is 12.0. The molecule has 8 heteroatoms. The molecular weight excluding hydrogens is 360 g/mol. The summed E-state index contributed by atoms with van der Waals surface area (Å²) in [6.45, 7) is 0. The van der Waals surface area contributed by atoms with Crippen molar-refractivity contribution in [1.82, 2.24) is 14.5 Å². The first-order valence-corrected chi connectivity index (χ1v) is 8.72. The van der Waals surface area contributed by atoms with E-state index in [0.717, 1.165) is 5.39 Å². The fourth-order valence-corrected chi connectivity index (χ4v) is 3.30. The highest BCUT2D eigenvalue weighted by Gasteiger charge is 2.15. The van der Waals surface area contributed by atoms with Crippen molar-refractivity contribution in [2.45, 2.75) is 6.23 Å². The molecule has 1 aromatic carbocycles. The van der Waals surface area contributed by atoms with Crippen molar-refractivity contribution in [3.63, 3.8) is 0 Å². The summed E-state index contributed by atoms with van der Waals surface area (Å²) >= 11 is 7.32. The predicted molar refractivity (Wildman–Crippen MR) is 99.6 cm³/mol. The lowest BCUT2D eigenvalue weighted by molar-refractivity contribution is 0.204. The zero-order valence-electron chi connectivity index (χ0n) is 12.8. The number of aromatic nitrogens is 3.